The molecule has 5 nitrogen and oxygen atoms in total. The van der Waals surface area contributed by atoms with E-state index in [0.717, 1.165) is 26.2 Å². The Balaban J connectivity index is 1.93. The SMILES string of the molecule is Cc1sc2ncnc(N[C@H](Cc3ccccc3)C(=O)[O-])c2c1C. The highest BCUT2D eigenvalue weighted by Gasteiger charge is 2.16. The first kappa shape index (κ1) is 15.4. The average Bonchev–Trinajstić information content (AvgIpc) is 2.83. The van der Waals surface area contributed by atoms with Gasteiger partial charge in [-0.3, -0.25) is 0 Å². The van der Waals surface area contributed by atoms with Crippen molar-refractivity contribution in [2.24, 2.45) is 0 Å². The number of carbonyl (C=O) groups excluding carboxylic acids is 1. The summed E-state index contributed by atoms with van der Waals surface area (Å²) in [6.45, 7) is 4.01. The summed E-state index contributed by atoms with van der Waals surface area (Å²) < 4.78 is 0. The lowest BCUT2D eigenvalue weighted by Crippen LogP contribution is -2.42. The van der Waals surface area contributed by atoms with Crippen LogP contribution in [0, 0.1) is 13.8 Å². The molecule has 0 spiro atoms. The molecule has 0 aliphatic heterocycles. The maximum absolute atomic E-state index is 11.5. The Labute approximate surface area is 138 Å². The predicted molar refractivity (Wildman–Crippen MR) is 89.5 cm³/mol. The lowest BCUT2D eigenvalue weighted by atomic mass is 10.1. The highest BCUT2D eigenvalue weighted by molar-refractivity contribution is 7.18. The lowest BCUT2D eigenvalue weighted by Gasteiger charge is -2.21. The molecule has 0 bridgehead atoms. The van der Waals surface area contributed by atoms with Crippen LogP contribution < -0.4 is 10.4 Å². The van der Waals surface area contributed by atoms with Crippen LogP contribution in [0.4, 0.5) is 5.82 Å². The van der Waals surface area contributed by atoms with Crippen LogP contribution >= 0.6 is 11.3 Å². The number of hydrogen-bond acceptors (Lipinski definition) is 6. The third-order valence-corrected chi connectivity index (χ3v) is 4.96. The lowest BCUT2D eigenvalue weighted by molar-refractivity contribution is -0.306. The van der Waals surface area contributed by atoms with Crippen molar-refractivity contribution in [3.63, 3.8) is 0 Å². The van der Waals surface area contributed by atoms with Crippen LogP contribution in [0.25, 0.3) is 10.2 Å². The number of nitrogens with zero attached hydrogens (tertiary/aromatic N) is 2. The molecule has 23 heavy (non-hydrogen) atoms. The van der Waals surface area contributed by atoms with Crippen LogP contribution in [0.3, 0.4) is 0 Å². The summed E-state index contributed by atoms with van der Waals surface area (Å²) in [6.07, 6.45) is 1.78. The smallest absolute Gasteiger partial charge is 0.138 e. The predicted octanol–water partition coefficient (Wildman–Crippen LogP) is 2.08. The van der Waals surface area contributed by atoms with Crippen LogP contribution in [0.5, 0.6) is 0 Å². The zero-order valence-corrected chi connectivity index (χ0v) is 13.7. The van der Waals surface area contributed by atoms with E-state index in [0.29, 0.717) is 12.2 Å². The molecule has 3 rings (SSSR count). The van der Waals surface area contributed by atoms with E-state index in [1.54, 1.807) is 11.3 Å². The number of aryl methyl sites for hydroxylation is 2. The molecule has 1 N–H and O–H groups in total. The topological polar surface area (TPSA) is 77.9 Å². The number of rotatable bonds is 5. The zero-order valence-electron chi connectivity index (χ0n) is 12.9. The molecule has 0 fully saturated rings. The second kappa shape index (κ2) is 6.34. The maximum Gasteiger partial charge on any atom is 0.138 e. The number of fused-ring (bicyclic) bond motifs is 1. The van der Waals surface area contributed by atoms with E-state index in [1.807, 2.05) is 44.2 Å². The Hall–Kier alpha value is -2.47. The normalized spacial score (nSPS) is 12.3. The number of anilines is 1. The summed E-state index contributed by atoms with van der Waals surface area (Å²) in [5.41, 5.74) is 2.00. The van der Waals surface area contributed by atoms with Gasteiger partial charge in [-0.1, -0.05) is 30.3 Å². The number of carboxylic acid groups (broad SMARTS) is 1. The molecule has 0 aliphatic rings. The number of hydrogen-bond donors (Lipinski definition) is 1. The summed E-state index contributed by atoms with van der Waals surface area (Å²) in [5, 5.41) is 15.4. The molecule has 1 aromatic carbocycles. The van der Waals surface area contributed by atoms with Crippen LogP contribution in [-0.2, 0) is 11.2 Å². The number of aromatic nitrogens is 2. The van der Waals surface area contributed by atoms with Gasteiger partial charge in [-0.25, -0.2) is 9.97 Å². The number of carboxylic acids is 1. The van der Waals surface area contributed by atoms with Crippen molar-refractivity contribution in [3.05, 3.63) is 52.7 Å². The molecule has 3 aromatic rings. The molecule has 0 aliphatic carbocycles. The second-order valence-electron chi connectivity index (χ2n) is 5.39. The van der Waals surface area contributed by atoms with Crippen LogP contribution in [0.15, 0.2) is 36.7 Å². The van der Waals surface area contributed by atoms with Crippen molar-refractivity contribution in [1.29, 1.82) is 0 Å². The minimum Gasteiger partial charge on any atom is -0.548 e. The minimum absolute atomic E-state index is 0.330. The van der Waals surface area contributed by atoms with E-state index in [9.17, 15) is 9.90 Å². The molecule has 6 heteroatoms. The monoisotopic (exact) mass is 326 g/mol. The summed E-state index contributed by atoms with van der Waals surface area (Å²) in [6, 6.07) is 8.61. The summed E-state index contributed by atoms with van der Waals surface area (Å²) in [4.78, 5) is 22.0. The maximum atomic E-state index is 11.5. The van der Waals surface area contributed by atoms with E-state index in [4.69, 9.17) is 0 Å². The van der Waals surface area contributed by atoms with Gasteiger partial charge in [0.15, 0.2) is 0 Å². The largest absolute Gasteiger partial charge is 0.548 e. The van der Waals surface area contributed by atoms with Gasteiger partial charge in [0.05, 0.1) is 17.4 Å². The van der Waals surface area contributed by atoms with Gasteiger partial charge in [-0.15, -0.1) is 11.3 Å². The van der Waals surface area contributed by atoms with Gasteiger partial charge in [0, 0.05) is 4.88 Å². The van der Waals surface area contributed by atoms with E-state index in [-0.39, 0.29) is 0 Å². The molecular formula is C17H16N3O2S-. The summed E-state index contributed by atoms with van der Waals surface area (Å²) >= 11 is 1.58. The fourth-order valence-corrected chi connectivity index (χ4v) is 3.50. The Morgan fingerprint density at radius 3 is 2.70 bits per heavy atom. The molecule has 0 saturated carbocycles. The van der Waals surface area contributed by atoms with E-state index < -0.39 is 12.0 Å². The molecule has 0 unspecified atom stereocenters. The third-order valence-electron chi connectivity index (χ3n) is 3.84. The van der Waals surface area contributed by atoms with E-state index in [1.165, 1.54) is 6.33 Å². The Morgan fingerprint density at radius 1 is 1.26 bits per heavy atom. The Morgan fingerprint density at radius 2 is 2.00 bits per heavy atom. The average molecular weight is 326 g/mol. The molecule has 1 atom stereocenters. The molecule has 2 aromatic heterocycles. The van der Waals surface area contributed by atoms with Gasteiger partial charge in [0.1, 0.15) is 17.0 Å². The molecule has 2 heterocycles. The molecule has 0 saturated heterocycles. The van der Waals surface area contributed by atoms with Crippen molar-refractivity contribution in [2.45, 2.75) is 26.3 Å². The van der Waals surface area contributed by atoms with Crippen LogP contribution in [0.1, 0.15) is 16.0 Å². The first-order valence-electron chi connectivity index (χ1n) is 7.28. The number of carbonyl (C=O) groups is 1. The molecule has 0 radical (unpaired) electrons. The number of benzene rings is 1. The fourth-order valence-electron chi connectivity index (χ4n) is 2.50. The van der Waals surface area contributed by atoms with E-state index >= 15 is 0 Å². The van der Waals surface area contributed by atoms with Crippen LogP contribution in [-0.4, -0.2) is 22.0 Å². The van der Waals surface area contributed by atoms with Gasteiger partial charge in [-0.2, -0.15) is 0 Å². The number of thiophene rings is 1. The second-order valence-corrected chi connectivity index (χ2v) is 6.59. The van der Waals surface area contributed by atoms with Crippen molar-refractivity contribution in [3.8, 4) is 0 Å². The minimum atomic E-state index is -1.15. The summed E-state index contributed by atoms with van der Waals surface area (Å²) in [5.74, 6) is -0.604. The Kier molecular flexibility index (Phi) is 4.25. The van der Waals surface area contributed by atoms with Crippen molar-refractivity contribution in [2.75, 3.05) is 5.32 Å². The van der Waals surface area contributed by atoms with E-state index in [2.05, 4.69) is 15.3 Å². The first-order chi connectivity index (χ1) is 11.1. The quantitative estimate of drug-likeness (QED) is 0.777. The van der Waals surface area contributed by atoms with Crippen LogP contribution in [0.2, 0.25) is 0 Å². The number of aliphatic carboxylic acids is 1. The standard InChI is InChI=1S/C17H17N3O2S/c1-10-11(2)23-16-14(10)15(18-9-19-16)20-13(17(21)22)8-12-6-4-3-5-7-12/h3-7,9,13H,8H2,1-2H3,(H,21,22)(H,18,19,20)/p-1/t13-/m1/s1. The fraction of sp³-hybridized carbons (Fsp3) is 0.235. The zero-order chi connectivity index (χ0) is 16.4. The van der Waals surface area contributed by atoms with Gasteiger partial charge >= 0.3 is 0 Å². The highest BCUT2D eigenvalue weighted by atomic mass is 32.1. The summed E-state index contributed by atoms with van der Waals surface area (Å²) in [7, 11) is 0. The molecule has 0 amide bonds. The van der Waals surface area contributed by atoms with Crippen molar-refractivity contribution in [1.82, 2.24) is 9.97 Å². The molecule has 118 valence electrons. The van der Waals surface area contributed by atoms with Gasteiger partial charge < -0.3 is 15.2 Å². The van der Waals surface area contributed by atoms with Crippen molar-refractivity contribution < 1.29 is 9.90 Å². The van der Waals surface area contributed by atoms with Gasteiger partial charge in [-0.05, 0) is 31.4 Å². The Bertz CT molecular complexity index is 846. The van der Waals surface area contributed by atoms with Crippen molar-refractivity contribution >= 4 is 33.3 Å². The van der Waals surface area contributed by atoms with Gasteiger partial charge in [0.25, 0.3) is 0 Å². The van der Waals surface area contributed by atoms with Gasteiger partial charge in [0.2, 0.25) is 0 Å². The first-order valence-corrected chi connectivity index (χ1v) is 8.10. The molecular weight excluding hydrogens is 310 g/mol. The third kappa shape index (κ3) is 3.17. The highest BCUT2D eigenvalue weighted by Crippen LogP contribution is 2.32. The number of nitrogens with one attached hydrogen (secondary N) is 1.